The summed E-state index contributed by atoms with van der Waals surface area (Å²) in [6.45, 7) is 0. The van der Waals surface area contributed by atoms with Gasteiger partial charge >= 0.3 is 6.01 Å². The van der Waals surface area contributed by atoms with E-state index in [1.165, 1.54) is 6.42 Å². The van der Waals surface area contributed by atoms with Crippen molar-refractivity contribution in [1.82, 2.24) is 29.5 Å². The Kier molecular flexibility index (Phi) is 6.85. The van der Waals surface area contributed by atoms with E-state index in [0.717, 1.165) is 81.5 Å². The highest BCUT2D eigenvalue weighted by Gasteiger charge is 2.35. The minimum absolute atomic E-state index is 0.564. The first-order valence-electron chi connectivity index (χ1n) is 18.8. The number of allylic oxidation sites excluding steroid dienone is 4. The van der Waals surface area contributed by atoms with Gasteiger partial charge in [0.2, 0.25) is 0 Å². The lowest BCUT2D eigenvalue weighted by Crippen LogP contribution is -2.03. The Morgan fingerprint density at radius 2 is 1.29 bits per heavy atom. The molecule has 1 saturated carbocycles. The van der Waals surface area contributed by atoms with E-state index in [2.05, 4.69) is 108 Å². The smallest absolute Gasteiger partial charge is 0.307 e. The number of nitrogens with zero attached hydrogens (tertiary/aromatic N) is 6. The Morgan fingerprint density at radius 1 is 0.536 bits per heavy atom. The third-order valence-corrected chi connectivity index (χ3v) is 12.0. The van der Waals surface area contributed by atoms with E-state index >= 15 is 0 Å². The number of aromatic nitrogens is 6. The van der Waals surface area contributed by atoms with Gasteiger partial charge in [-0.3, -0.25) is 4.57 Å². The fourth-order valence-electron chi connectivity index (χ4n) is 7.99. The molecular weight excluding hydrogens is 709 g/mol. The van der Waals surface area contributed by atoms with E-state index in [1.54, 1.807) is 11.3 Å². The number of rotatable bonds is 6. The average molecular weight is 739 g/mol. The lowest BCUT2D eigenvalue weighted by atomic mass is 10.0. The number of oxazole rings is 1. The van der Waals surface area contributed by atoms with E-state index in [-0.39, 0.29) is 0 Å². The minimum Gasteiger partial charge on any atom is -0.423 e. The van der Waals surface area contributed by atoms with Gasteiger partial charge in [-0.1, -0.05) is 103 Å². The molecule has 0 N–H and O–H groups in total. The van der Waals surface area contributed by atoms with Gasteiger partial charge in [0, 0.05) is 33.0 Å². The lowest BCUT2D eigenvalue weighted by Gasteiger charge is -2.10. The SMILES string of the molecule is C1=C[C@H]2CC2C=C1c1nc(-c2ccccc2)nc(-c2ccc3nc(-c4cccc(-c5ccc6c(c5)c5ccccc5n6-c5nc6ccccc6o5)c4)sc3c2)n1. The quantitative estimate of drug-likeness (QED) is 0.169. The molecule has 0 bridgehead atoms. The van der Waals surface area contributed by atoms with Crippen LogP contribution in [-0.4, -0.2) is 29.5 Å². The van der Waals surface area contributed by atoms with Gasteiger partial charge in [0.15, 0.2) is 23.1 Å². The van der Waals surface area contributed by atoms with Crippen molar-refractivity contribution < 1.29 is 4.42 Å². The molecule has 4 heterocycles. The Labute approximate surface area is 325 Å². The molecule has 2 atom stereocenters. The molecule has 1 unspecified atom stereocenters. The molecule has 8 heteroatoms. The van der Waals surface area contributed by atoms with Gasteiger partial charge in [-0.25, -0.2) is 19.9 Å². The molecule has 56 heavy (non-hydrogen) atoms. The standard InChI is InChI=1S/C48H30N6OS/c1-2-9-28(10-3-1)44-51-45(32-18-17-30-24-35(30)25-32)53-46(52-44)33-19-21-39-43(27-33)56-47(49-39)34-12-8-11-29(23-34)31-20-22-41-37(26-31)36-13-4-6-15-40(36)54(41)48-50-38-14-5-7-16-42(38)55-48/h1-23,25-27,30,35H,24H2/t30-,35?/m0/s1. The summed E-state index contributed by atoms with van der Waals surface area (Å²) in [4.78, 5) is 24.9. The first-order valence-corrected chi connectivity index (χ1v) is 19.6. The van der Waals surface area contributed by atoms with Crippen LogP contribution in [0.4, 0.5) is 0 Å². The summed E-state index contributed by atoms with van der Waals surface area (Å²) in [5.41, 5.74) is 11.0. The van der Waals surface area contributed by atoms with Gasteiger partial charge in [-0.05, 0) is 84.0 Å². The van der Waals surface area contributed by atoms with Gasteiger partial charge in [0.25, 0.3) is 0 Å². The van der Waals surface area contributed by atoms with E-state index in [9.17, 15) is 0 Å². The van der Waals surface area contributed by atoms with Crippen molar-refractivity contribution >= 4 is 60.0 Å². The molecule has 4 aromatic heterocycles. The molecule has 6 aromatic carbocycles. The van der Waals surface area contributed by atoms with E-state index in [0.29, 0.717) is 35.3 Å². The summed E-state index contributed by atoms with van der Waals surface area (Å²) in [6, 6.07) is 48.6. The van der Waals surface area contributed by atoms with E-state index < -0.39 is 0 Å². The molecule has 2 aliphatic rings. The van der Waals surface area contributed by atoms with Crippen LogP contribution in [0.5, 0.6) is 0 Å². The maximum atomic E-state index is 6.26. The van der Waals surface area contributed by atoms with Crippen LogP contribution < -0.4 is 0 Å². The maximum Gasteiger partial charge on any atom is 0.307 e. The Morgan fingerprint density at radius 3 is 2.20 bits per heavy atom. The third kappa shape index (κ3) is 5.21. The Balaban J connectivity index is 0.911. The lowest BCUT2D eigenvalue weighted by molar-refractivity contribution is 0.574. The van der Waals surface area contributed by atoms with Crippen molar-refractivity contribution in [1.29, 1.82) is 0 Å². The van der Waals surface area contributed by atoms with Crippen LogP contribution in [0, 0.1) is 11.8 Å². The summed E-state index contributed by atoms with van der Waals surface area (Å²) in [7, 11) is 0. The number of hydrogen-bond acceptors (Lipinski definition) is 7. The summed E-state index contributed by atoms with van der Waals surface area (Å²) in [5.74, 6) is 3.31. The number of para-hydroxylation sites is 3. The normalized spacial score (nSPS) is 16.2. The summed E-state index contributed by atoms with van der Waals surface area (Å²) < 4.78 is 9.45. The molecule has 10 aromatic rings. The molecule has 0 saturated heterocycles. The second-order valence-electron chi connectivity index (χ2n) is 14.5. The van der Waals surface area contributed by atoms with Gasteiger partial charge < -0.3 is 4.42 Å². The van der Waals surface area contributed by atoms with Crippen molar-refractivity contribution in [3.63, 3.8) is 0 Å². The van der Waals surface area contributed by atoms with Crippen molar-refractivity contribution in [3.05, 3.63) is 164 Å². The van der Waals surface area contributed by atoms with Crippen LogP contribution in [0.1, 0.15) is 12.2 Å². The zero-order valence-electron chi connectivity index (χ0n) is 29.9. The largest absolute Gasteiger partial charge is 0.423 e. The van der Waals surface area contributed by atoms with Crippen molar-refractivity contribution in [3.8, 4) is 50.5 Å². The molecule has 0 amide bonds. The first-order chi connectivity index (χ1) is 27.7. The van der Waals surface area contributed by atoms with E-state index in [1.807, 2.05) is 54.6 Å². The molecule has 264 valence electrons. The van der Waals surface area contributed by atoms with Gasteiger partial charge in [0.1, 0.15) is 10.5 Å². The van der Waals surface area contributed by atoms with Crippen LogP contribution in [-0.2, 0) is 0 Å². The topological polar surface area (TPSA) is 82.5 Å². The minimum atomic E-state index is 0.564. The van der Waals surface area contributed by atoms with Crippen LogP contribution in [0.3, 0.4) is 0 Å². The van der Waals surface area contributed by atoms with E-state index in [4.69, 9.17) is 29.3 Å². The predicted octanol–water partition coefficient (Wildman–Crippen LogP) is 12.0. The molecule has 1 fully saturated rings. The van der Waals surface area contributed by atoms with Crippen LogP contribution in [0.25, 0.3) is 99.2 Å². The van der Waals surface area contributed by atoms with Gasteiger partial charge in [-0.2, -0.15) is 4.98 Å². The Hall–Kier alpha value is -7.03. The second-order valence-corrected chi connectivity index (χ2v) is 15.6. The van der Waals surface area contributed by atoms with Crippen LogP contribution in [0.2, 0.25) is 0 Å². The predicted molar refractivity (Wildman–Crippen MR) is 225 cm³/mol. The van der Waals surface area contributed by atoms with Gasteiger partial charge in [0.05, 0.1) is 21.3 Å². The second kappa shape index (κ2) is 12.2. The van der Waals surface area contributed by atoms with Crippen molar-refractivity contribution in [2.24, 2.45) is 11.8 Å². The summed E-state index contributed by atoms with van der Waals surface area (Å²) in [6.07, 6.45) is 8.00. The molecule has 0 aliphatic heterocycles. The molecule has 2 aliphatic carbocycles. The maximum absolute atomic E-state index is 6.26. The first kappa shape index (κ1) is 31.3. The number of hydrogen-bond donors (Lipinski definition) is 0. The molecule has 7 nitrogen and oxygen atoms in total. The van der Waals surface area contributed by atoms with Crippen molar-refractivity contribution in [2.75, 3.05) is 0 Å². The fraction of sp³-hybridized carbons (Fsp3) is 0.0625. The van der Waals surface area contributed by atoms with Crippen molar-refractivity contribution in [2.45, 2.75) is 6.42 Å². The summed E-state index contributed by atoms with van der Waals surface area (Å²) in [5, 5.41) is 3.25. The summed E-state index contributed by atoms with van der Waals surface area (Å²) >= 11 is 1.68. The van der Waals surface area contributed by atoms with Crippen LogP contribution >= 0.6 is 11.3 Å². The molecule has 0 spiro atoms. The highest BCUT2D eigenvalue weighted by molar-refractivity contribution is 7.21. The zero-order chi connectivity index (χ0) is 36.7. The fourth-order valence-corrected chi connectivity index (χ4v) is 9.00. The average Bonchev–Trinajstić information content (AvgIpc) is 3.54. The highest BCUT2D eigenvalue weighted by atomic mass is 32.1. The number of thiazole rings is 1. The number of benzene rings is 6. The highest BCUT2D eigenvalue weighted by Crippen LogP contribution is 2.46. The molecule has 12 rings (SSSR count). The molecule has 0 radical (unpaired) electrons. The Bertz CT molecular complexity index is 3230. The van der Waals surface area contributed by atoms with Gasteiger partial charge in [-0.15, -0.1) is 11.3 Å². The number of fused-ring (bicyclic) bond motifs is 6. The monoisotopic (exact) mass is 738 g/mol. The molecular formula is C48H30N6OS. The zero-order valence-corrected chi connectivity index (χ0v) is 30.7. The van der Waals surface area contributed by atoms with Crippen LogP contribution in [0.15, 0.2) is 162 Å². The third-order valence-electron chi connectivity index (χ3n) is 11.0.